The van der Waals surface area contributed by atoms with Gasteiger partial charge in [0, 0.05) is 11.1 Å². The van der Waals surface area contributed by atoms with E-state index in [1.807, 2.05) is 22.9 Å². The van der Waals surface area contributed by atoms with E-state index in [4.69, 9.17) is 19.6 Å². The lowest BCUT2D eigenvalue weighted by atomic mass is 9.68. The van der Waals surface area contributed by atoms with Crippen molar-refractivity contribution in [3.63, 3.8) is 0 Å². The van der Waals surface area contributed by atoms with Gasteiger partial charge in [-0.15, -0.1) is 0 Å². The average molecular weight is 886 g/mol. The van der Waals surface area contributed by atoms with E-state index in [0.717, 1.165) is 67.2 Å². The number of aromatic nitrogens is 3. The summed E-state index contributed by atoms with van der Waals surface area (Å²) in [6.07, 6.45) is 0. The number of hydrogen-bond donors (Lipinski definition) is 0. The van der Waals surface area contributed by atoms with Gasteiger partial charge in [-0.1, -0.05) is 212 Å². The van der Waals surface area contributed by atoms with Crippen molar-refractivity contribution in [1.82, 2.24) is 10.1 Å². The van der Waals surface area contributed by atoms with Crippen LogP contribution in [0.5, 0.6) is 23.0 Å². The van der Waals surface area contributed by atoms with Crippen LogP contribution in [-0.2, 0) is 12.0 Å². The predicted molar refractivity (Wildman–Crippen MR) is 274 cm³/mol. The lowest BCUT2D eigenvalue weighted by Gasteiger charge is -2.34. The molecule has 5 heteroatoms. The molecule has 1 aromatic heterocycles. The minimum absolute atomic E-state index is 0.548. The molecule has 0 N–H and O–H groups in total. The first-order valence-electron chi connectivity index (χ1n) is 23.4. The molecule has 13 rings (SSSR count). The molecule has 0 saturated heterocycles. The van der Waals surface area contributed by atoms with Gasteiger partial charge in [-0.25, -0.2) is 0 Å². The van der Waals surface area contributed by atoms with Crippen molar-refractivity contribution in [1.29, 1.82) is 0 Å². The third-order valence-corrected chi connectivity index (χ3v) is 13.6. The highest BCUT2D eigenvalue weighted by Gasteiger charge is 2.48. The van der Waals surface area contributed by atoms with Gasteiger partial charge in [0.25, 0.3) is 0 Å². The molecule has 0 spiro atoms. The molecule has 5 nitrogen and oxygen atoms in total. The average Bonchev–Trinajstić information content (AvgIpc) is 3.99. The van der Waals surface area contributed by atoms with E-state index >= 15 is 0 Å². The van der Waals surface area contributed by atoms with Crippen molar-refractivity contribution in [3.8, 4) is 90.3 Å². The third kappa shape index (κ3) is 6.94. The van der Waals surface area contributed by atoms with Crippen LogP contribution in [0.3, 0.4) is 0 Å². The smallest absolute Gasteiger partial charge is 0.178 e. The van der Waals surface area contributed by atoms with Crippen molar-refractivity contribution >= 4 is 0 Å². The fraction of sp³-hybridized carbons (Fsp3) is 0.0312. The minimum atomic E-state index is -0.548. The predicted octanol–water partition coefficient (Wildman–Crippen LogP) is 15.0. The van der Waals surface area contributed by atoms with Gasteiger partial charge >= 0.3 is 0 Å². The zero-order chi connectivity index (χ0) is 45.7. The van der Waals surface area contributed by atoms with Gasteiger partial charge in [-0.3, -0.25) is 9.78 Å². The van der Waals surface area contributed by atoms with E-state index in [-0.39, 0.29) is 0 Å². The first kappa shape index (κ1) is 40.2. The summed E-state index contributed by atoms with van der Waals surface area (Å²) >= 11 is 0. The number of ether oxygens (including phenoxy) is 2. The zero-order valence-electron chi connectivity index (χ0n) is 37.5. The highest BCUT2D eigenvalue weighted by Crippen LogP contribution is 2.62. The van der Waals surface area contributed by atoms with Crippen LogP contribution in [0.4, 0.5) is 0 Å². The molecule has 0 unspecified atom stereocenters. The highest BCUT2D eigenvalue weighted by atomic mass is 16.6. The standard InChI is InChI=1S/C64H43N3O2/c1-5-19-44(20-6-1)46-23-15-18-43(38-46)42-67-63(51-27-17-24-47(40-51)45-21-7-2-8-22-45)65-62(66-67)50-26-16-25-48(39-50)49-34-36-57-59(41-49)69-61-58(68-57)37-35-56-60(61)54-32-13-14-33-55(54)64(56,52-28-9-3-10-29-52)53-30-11-4-12-31-53/h1-41H,42H2. The Bertz CT molecular complexity index is 3660. The Morgan fingerprint density at radius 3 is 1.64 bits per heavy atom. The lowest BCUT2D eigenvalue weighted by Crippen LogP contribution is -2.40. The summed E-state index contributed by atoms with van der Waals surface area (Å²) in [6, 6.07) is 87.5. The van der Waals surface area contributed by atoms with Crippen molar-refractivity contribution in [2.24, 2.45) is 0 Å². The molecule has 0 saturated carbocycles. The fourth-order valence-electron chi connectivity index (χ4n) is 10.5. The third-order valence-electron chi connectivity index (χ3n) is 13.6. The number of fused-ring (bicyclic) bond motifs is 6. The maximum absolute atomic E-state index is 7.07. The van der Waals surface area contributed by atoms with Gasteiger partial charge in [0.1, 0.15) is 12.4 Å². The first-order chi connectivity index (χ1) is 34.2. The van der Waals surface area contributed by atoms with E-state index in [9.17, 15) is 0 Å². The molecule has 0 fully saturated rings. The maximum atomic E-state index is 7.07. The summed E-state index contributed by atoms with van der Waals surface area (Å²) in [7, 11) is 0. The molecule has 0 atom stereocenters. The Labute approximate surface area is 401 Å². The normalized spacial score (nSPS) is 12.8. The molecule has 10 aromatic carbocycles. The number of benzene rings is 10. The second-order valence-electron chi connectivity index (χ2n) is 17.7. The second kappa shape index (κ2) is 16.7. The van der Waals surface area contributed by atoms with E-state index < -0.39 is 5.41 Å². The monoisotopic (exact) mass is 885 g/mol. The molecule has 1 aliphatic carbocycles. The molecule has 69 heavy (non-hydrogen) atoms. The number of rotatable bonds is 9. The largest absolute Gasteiger partial charge is 0.449 e. The van der Waals surface area contributed by atoms with Gasteiger partial charge in [0.2, 0.25) is 0 Å². The Balaban J connectivity index is 0.877. The van der Waals surface area contributed by atoms with Gasteiger partial charge in [-0.2, -0.15) is 0 Å². The summed E-state index contributed by atoms with van der Waals surface area (Å²) in [5.41, 5.74) is 16.1. The minimum Gasteiger partial charge on any atom is -0.449 e. The molecule has 326 valence electrons. The molecule has 11 aromatic rings. The molecule has 0 amide bonds. The molecule has 2 heterocycles. The second-order valence-corrected chi connectivity index (χ2v) is 17.7. The molecular weight excluding hydrogens is 843 g/mol. The van der Waals surface area contributed by atoms with Crippen molar-refractivity contribution < 1.29 is 14.2 Å². The quantitative estimate of drug-likeness (QED) is 0.136. The van der Waals surface area contributed by atoms with E-state index in [1.165, 1.54) is 27.8 Å². The van der Waals surface area contributed by atoms with Crippen LogP contribution in [0.15, 0.2) is 249 Å². The van der Waals surface area contributed by atoms with Gasteiger partial charge < -0.3 is 14.5 Å². The van der Waals surface area contributed by atoms with E-state index in [2.05, 4.69) is 231 Å². The topological polar surface area (TPSA) is 49.3 Å². The molecule has 1 aliphatic heterocycles. The van der Waals surface area contributed by atoms with Crippen molar-refractivity contribution in [2.75, 3.05) is 0 Å². The molecule has 0 bridgehead atoms. The van der Waals surface area contributed by atoms with Crippen LogP contribution in [-0.4, -0.2) is 4.98 Å². The van der Waals surface area contributed by atoms with Gasteiger partial charge in [0.15, 0.2) is 23.0 Å². The van der Waals surface area contributed by atoms with Crippen LogP contribution in [0.25, 0.3) is 67.3 Å². The maximum Gasteiger partial charge on any atom is 0.178 e. The summed E-state index contributed by atoms with van der Waals surface area (Å²) in [4.78, 5) is 5.31. The highest BCUT2D eigenvalue weighted by molar-refractivity contribution is 5.92. The van der Waals surface area contributed by atoms with E-state index in [1.54, 1.807) is 0 Å². The Kier molecular flexibility index (Phi) is 9.72. The lowest BCUT2D eigenvalue weighted by molar-refractivity contribution is -0.737. The first-order valence-corrected chi connectivity index (χ1v) is 23.4. The summed E-state index contributed by atoms with van der Waals surface area (Å²) in [5, 5.41) is 5.25. The van der Waals surface area contributed by atoms with Crippen LogP contribution in [0.2, 0.25) is 0 Å². The zero-order valence-corrected chi connectivity index (χ0v) is 37.5. The molecular formula is C64H43N3O2. The van der Waals surface area contributed by atoms with Crippen LogP contribution in [0.1, 0.15) is 27.8 Å². The summed E-state index contributed by atoms with van der Waals surface area (Å²) in [6.45, 7) is 0.549. The summed E-state index contributed by atoms with van der Waals surface area (Å²) in [5.74, 6) is 4.20. The molecule has 0 radical (unpaired) electrons. The van der Waals surface area contributed by atoms with Gasteiger partial charge in [-0.05, 0) is 115 Å². The van der Waals surface area contributed by atoms with Gasteiger partial charge in [0.05, 0.1) is 5.41 Å². The Morgan fingerprint density at radius 1 is 0.391 bits per heavy atom. The Hall–Kier alpha value is -9.06. The summed E-state index contributed by atoms with van der Waals surface area (Å²) < 4.78 is 15.8. The SMILES string of the molecule is c1ccc(-c2cccc(C[n+]3[n-]c(-c4cccc(-c5ccc6c(c5)Oc5c(ccc7c5-c5ccccc5C7(c5ccccc5)c5ccccc5)O6)c4)nc3-c3cccc(-c4ccccc4)c3)c2)cc1. The van der Waals surface area contributed by atoms with Crippen molar-refractivity contribution in [3.05, 3.63) is 277 Å². The number of hydrogen-bond acceptors (Lipinski definition) is 3. The van der Waals surface area contributed by atoms with Crippen LogP contribution in [0, 0.1) is 0 Å². The van der Waals surface area contributed by atoms with Crippen LogP contribution < -0.4 is 19.3 Å². The van der Waals surface area contributed by atoms with Crippen molar-refractivity contribution in [2.45, 2.75) is 12.0 Å². The fourth-order valence-corrected chi connectivity index (χ4v) is 10.5. The number of nitrogens with zero attached hydrogens (tertiary/aromatic N) is 3. The molecule has 2 aliphatic rings. The van der Waals surface area contributed by atoms with Crippen LogP contribution >= 0.6 is 0 Å². The Morgan fingerprint density at radius 2 is 0.928 bits per heavy atom. The van der Waals surface area contributed by atoms with E-state index in [0.29, 0.717) is 29.6 Å².